The number of hydrogen-bond acceptors (Lipinski definition) is 4. The van der Waals surface area contributed by atoms with E-state index >= 15 is 0 Å². The van der Waals surface area contributed by atoms with Gasteiger partial charge in [-0.15, -0.1) is 0 Å². The third kappa shape index (κ3) is 4.19. The second kappa shape index (κ2) is 8.86. The van der Waals surface area contributed by atoms with E-state index in [9.17, 15) is 9.90 Å². The molecule has 6 nitrogen and oxygen atoms in total. The molecule has 6 heteroatoms. The van der Waals surface area contributed by atoms with Crippen LogP contribution < -0.4 is 0 Å². The summed E-state index contributed by atoms with van der Waals surface area (Å²) in [4.78, 5) is 20.3. The van der Waals surface area contributed by atoms with Crippen LogP contribution in [0.5, 0.6) is 0 Å². The Labute approximate surface area is 198 Å². The maximum Gasteiger partial charge on any atom is 0.320 e. The van der Waals surface area contributed by atoms with Gasteiger partial charge in [-0.2, -0.15) is 0 Å². The van der Waals surface area contributed by atoms with Crippen molar-refractivity contribution < 1.29 is 14.6 Å². The number of carbonyl (C=O) groups is 1. The molecule has 1 spiro atoms. The predicted molar refractivity (Wildman–Crippen MR) is 129 cm³/mol. The Bertz CT molecular complexity index is 824. The van der Waals surface area contributed by atoms with Gasteiger partial charge in [-0.05, 0) is 64.1 Å². The Hall–Kier alpha value is -1.63. The minimum atomic E-state index is -0.812. The smallest absolute Gasteiger partial charge is 0.320 e. The Morgan fingerprint density at radius 2 is 1.70 bits per heavy atom. The van der Waals surface area contributed by atoms with Crippen molar-refractivity contribution in [2.75, 3.05) is 46.9 Å². The van der Waals surface area contributed by atoms with Gasteiger partial charge in [0.1, 0.15) is 0 Å². The maximum atomic E-state index is 13.7. The molecular weight excluding hydrogens is 414 g/mol. The molecule has 2 heterocycles. The Morgan fingerprint density at radius 1 is 1.03 bits per heavy atom. The number of aliphatic hydroxyl groups is 1. The van der Waals surface area contributed by atoms with Gasteiger partial charge in [0, 0.05) is 44.7 Å². The number of β-amino-alcohol motifs (C(OH)–C–C–N with tert-alkyl or cyclic N) is 1. The van der Waals surface area contributed by atoms with Gasteiger partial charge in [0.25, 0.3) is 0 Å². The lowest BCUT2D eigenvalue weighted by atomic mass is 9.68. The van der Waals surface area contributed by atoms with Crippen molar-refractivity contribution in [1.82, 2.24) is 14.7 Å². The minimum Gasteiger partial charge on any atom is -0.388 e. The van der Waals surface area contributed by atoms with E-state index in [4.69, 9.17) is 4.74 Å². The fraction of sp³-hybridized carbons (Fsp3) is 0.741. The fourth-order valence-electron chi connectivity index (χ4n) is 6.77. The third-order valence-electron chi connectivity index (χ3n) is 9.31. The van der Waals surface area contributed by atoms with Crippen molar-refractivity contribution in [3.63, 3.8) is 0 Å². The van der Waals surface area contributed by atoms with Crippen LogP contribution >= 0.6 is 0 Å². The zero-order valence-electron chi connectivity index (χ0n) is 20.5. The first-order valence-corrected chi connectivity index (χ1v) is 13.0. The van der Waals surface area contributed by atoms with Gasteiger partial charge in [0.2, 0.25) is 0 Å². The second-order valence-electron chi connectivity index (χ2n) is 11.4. The summed E-state index contributed by atoms with van der Waals surface area (Å²) in [5, 5.41) is 11.2. The molecule has 4 aliphatic rings. The van der Waals surface area contributed by atoms with Crippen molar-refractivity contribution in [1.29, 1.82) is 0 Å². The highest BCUT2D eigenvalue weighted by atomic mass is 16.5. The minimum absolute atomic E-state index is 0.0179. The Morgan fingerprint density at radius 3 is 2.27 bits per heavy atom. The van der Waals surface area contributed by atoms with Gasteiger partial charge < -0.3 is 19.6 Å². The Kier molecular flexibility index (Phi) is 6.21. The molecule has 0 atom stereocenters. The number of ether oxygens (including phenoxy) is 1. The van der Waals surface area contributed by atoms with Crippen molar-refractivity contribution in [2.45, 2.75) is 74.5 Å². The standard InChI is InChI=1S/C27H41N3O3/c1-28(2)27(23-9-4-3-5-10-23)13-11-25(12-14-27)20-29(21-26(32)15-17-33-18-16-26)24(31)30(25)19-22-7-6-8-22/h3-5,9-10,22,32H,6-8,11-21H2,1-2H3/t25-,27-. The summed E-state index contributed by atoms with van der Waals surface area (Å²) in [6.07, 6.45) is 9.12. The summed E-state index contributed by atoms with van der Waals surface area (Å²) in [5.41, 5.74) is 0.480. The van der Waals surface area contributed by atoms with Crippen LogP contribution in [0.4, 0.5) is 4.79 Å². The molecule has 2 amide bonds. The van der Waals surface area contributed by atoms with E-state index in [1.807, 2.05) is 4.90 Å². The predicted octanol–water partition coefficient (Wildman–Crippen LogP) is 3.84. The first-order chi connectivity index (χ1) is 15.9. The van der Waals surface area contributed by atoms with Crippen molar-refractivity contribution in [3.8, 4) is 0 Å². The molecule has 2 saturated heterocycles. The van der Waals surface area contributed by atoms with Crippen LogP contribution in [0.15, 0.2) is 30.3 Å². The van der Waals surface area contributed by atoms with Crippen molar-refractivity contribution >= 4 is 6.03 Å². The normalized spacial score (nSPS) is 32.5. The largest absolute Gasteiger partial charge is 0.388 e. The second-order valence-corrected chi connectivity index (χ2v) is 11.4. The molecule has 0 radical (unpaired) electrons. The molecule has 0 aromatic heterocycles. The lowest BCUT2D eigenvalue weighted by Gasteiger charge is -2.51. The number of benzene rings is 1. The molecule has 1 aromatic carbocycles. The number of amides is 2. The Balaban J connectivity index is 1.38. The highest BCUT2D eigenvalue weighted by Gasteiger charge is 2.55. The summed E-state index contributed by atoms with van der Waals surface area (Å²) in [7, 11) is 4.40. The molecule has 4 fully saturated rings. The zero-order chi connectivity index (χ0) is 23.1. The van der Waals surface area contributed by atoms with Crippen molar-refractivity contribution in [2.24, 2.45) is 5.92 Å². The highest BCUT2D eigenvalue weighted by molar-refractivity contribution is 5.78. The van der Waals surface area contributed by atoms with E-state index in [0.29, 0.717) is 38.5 Å². The van der Waals surface area contributed by atoms with E-state index in [1.165, 1.54) is 24.8 Å². The molecular formula is C27H41N3O3. The van der Waals surface area contributed by atoms with E-state index in [1.54, 1.807) is 0 Å². The van der Waals surface area contributed by atoms with E-state index in [-0.39, 0.29) is 17.1 Å². The van der Waals surface area contributed by atoms with Gasteiger partial charge in [-0.3, -0.25) is 4.90 Å². The first-order valence-electron chi connectivity index (χ1n) is 13.0. The molecule has 0 unspecified atom stereocenters. The summed E-state index contributed by atoms with van der Waals surface area (Å²) >= 11 is 0. The molecule has 2 aliphatic carbocycles. The van der Waals surface area contributed by atoms with Gasteiger partial charge in [0.05, 0.1) is 17.7 Å². The average Bonchev–Trinajstić information content (AvgIpc) is 3.02. The SMILES string of the molecule is CN(C)[C@]1(c2ccccc2)CC[C@@]2(CC1)CN(CC1(O)CCOCC1)C(=O)N2CC1CCC1. The van der Waals surface area contributed by atoms with Gasteiger partial charge in [-0.25, -0.2) is 4.79 Å². The zero-order valence-corrected chi connectivity index (χ0v) is 20.5. The van der Waals surface area contributed by atoms with Gasteiger partial charge in [0.15, 0.2) is 0 Å². The van der Waals surface area contributed by atoms with E-state index in [0.717, 1.165) is 38.8 Å². The highest BCUT2D eigenvalue weighted by Crippen LogP contribution is 2.50. The average molecular weight is 456 g/mol. The van der Waals surface area contributed by atoms with Crippen LogP contribution in [0.3, 0.4) is 0 Å². The van der Waals surface area contributed by atoms with E-state index in [2.05, 4.69) is 54.2 Å². The molecule has 1 N–H and O–H groups in total. The molecule has 182 valence electrons. The van der Waals surface area contributed by atoms with Gasteiger partial charge >= 0.3 is 6.03 Å². The van der Waals surface area contributed by atoms with Gasteiger partial charge in [-0.1, -0.05) is 36.8 Å². The monoisotopic (exact) mass is 455 g/mol. The third-order valence-corrected chi connectivity index (χ3v) is 9.31. The summed E-state index contributed by atoms with van der Waals surface area (Å²) < 4.78 is 5.47. The molecule has 2 saturated carbocycles. The molecule has 1 aromatic rings. The summed E-state index contributed by atoms with van der Waals surface area (Å²) in [5.74, 6) is 0.645. The van der Waals surface area contributed by atoms with Crippen LogP contribution in [-0.4, -0.2) is 83.9 Å². The molecule has 2 aliphatic heterocycles. The lowest BCUT2D eigenvalue weighted by Crippen LogP contribution is -2.56. The summed E-state index contributed by atoms with van der Waals surface area (Å²) in [6.45, 7) is 3.24. The van der Waals surface area contributed by atoms with Crippen LogP contribution in [0.2, 0.25) is 0 Å². The summed E-state index contributed by atoms with van der Waals surface area (Å²) in [6, 6.07) is 11.0. The topological polar surface area (TPSA) is 56.2 Å². The number of nitrogens with zero attached hydrogens (tertiary/aromatic N) is 3. The molecule has 33 heavy (non-hydrogen) atoms. The van der Waals surface area contributed by atoms with Crippen molar-refractivity contribution in [3.05, 3.63) is 35.9 Å². The number of hydrogen-bond donors (Lipinski definition) is 1. The molecule has 0 bridgehead atoms. The van der Waals surface area contributed by atoms with E-state index < -0.39 is 5.60 Å². The van der Waals surface area contributed by atoms with Crippen LogP contribution in [-0.2, 0) is 10.3 Å². The fourth-order valence-corrected chi connectivity index (χ4v) is 6.77. The lowest BCUT2D eigenvalue weighted by molar-refractivity contribution is -0.0739. The van der Waals surface area contributed by atoms with Crippen LogP contribution in [0, 0.1) is 5.92 Å². The van der Waals surface area contributed by atoms with Crippen LogP contribution in [0.1, 0.15) is 63.4 Å². The quantitative estimate of drug-likeness (QED) is 0.708. The number of carbonyl (C=O) groups excluding carboxylic acids is 1. The number of rotatable bonds is 6. The number of urea groups is 1. The maximum absolute atomic E-state index is 13.7. The molecule has 5 rings (SSSR count). The first kappa shape index (κ1) is 23.1. The van der Waals surface area contributed by atoms with Crippen LogP contribution in [0.25, 0.3) is 0 Å².